The van der Waals surface area contributed by atoms with Crippen LogP contribution in [0.1, 0.15) is 45.4 Å². The monoisotopic (exact) mass is 956 g/mol. The molecule has 0 bridgehead atoms. The van der Waals surface area contributed by atoms with Gasteiger partial charge in [-0.05, 0) is 74.5 Å². The normalized spacial score (nSPS) is 12.6. The molecule has 66 heavy (non-hydrogen) atoms. The van der Waals surface area contributed by atoms with E-state index in [0.717, 1.165) is 23.6 Å². The van der Waals surface area contributed by atoms with E-state index in [1.54, 1.807) is 12.1 Å². The van der Waals surface area contributed by atoms with Crippen molar-refractivity contribution >= 4 is 68.2 Å². The third-order valence-corrected chi connectivity index (χ3v) is 15.3. The molecule has 2 heterocycles. The molecule has 2 aromatic heterocycles. The van der Waals surface area contributed by atoms with Crippen molar-refractivity contribution in [3.8, 4) is 22.5 Å². The van der Waals surface area contributed by atoms with E-state index >= 15 is 0 Å². The van der Waals surface area contributed by atoms with Gasteiger partial charge >= 0.3 is 7.60 Å². The van der Waals surface area contributed by atoms with Crippen molar-refractivity contribution in [2.75, 3.05) is 47.8 Å². The van der Waals surface area contributed by atoms with Gasteiger partial charge in [-0.3, -0.25) is 18.9 Å². The number of aryl methyl sites for hydroxylation is 1. The number of anilines is 4. The third-order valence-electron chi connectivity index (χ3n) is 9.56. The molecule has 0 fully saturated rings. The predicted molar refractivity (Wildman–Crippen MR) is 247 cm³/mol. The minimum Gasteiger partial charge on any atom is -0.382 e. The highest BCUT2D eigenvalue weighted by molar-refractivity contribution is 7.97. The first-order valence-electron chi connectivity index (χ1n) is 19.8. The fourth-order valence-corrected chi connectivity index (χ4v) is 10.8. The minimum absolute atomic E-state index is 0.0953. The number of nitrogens with one attached hydrogen (secondary N) is 3. The summed E-state index contributed by atoms with van der Waals surface area (Å²) in [5.41, 5.74) is 15.1. The Morgan fingerprint density at radius 3 is 1.68 bits per heavy atom. The second-order valence-corrected chi connectivity index (χ2v) is 20.9. The highest BCUT2D eigenvalue weighted by Crippen LogP contribution is 2.44. The lowest BCUT2D eigenvalue weighted by Crippen LogP contribution is -2.28. The van der Waals surface area contributed by atoms with E-state index in [1.165, 1.54) is 60.9 Å². The molecular formula is C43H45N10O10PS2. The molecule has 3 amide bonds. The van der Waals surface area contributed by atoms with Gasteiger partial charge in [-0.2, -0.15) is 0 Å². The number of aromatic nitrogens is 4. The number of nitrogen functional groups attached to an aromatic ring is 2. The SMILES string of the molecule is CC(=O)NS(=O)(=O)c1ccc(NC(=O)c2nc(-c3ccc(CN(C)CCCOP(=O)(O)CS(=O)(=O)c4ccc(NC(=O)c5nc(-c6ccc(C)cc6)cnc5N)cc4)cc3)cnc2N)cc1. The van der Waals surface area contributed by atoms with Crippen molar-refractivity contribution in [3.63, 3.8) is 0 Å². The van der Waals surface area contributed by atoms with Crippen molar-refractivity contribution in [2.45, 2.75) is 36.6 Å². The summed E-state index contributed by atoms with van der Waals surface area (Å²) in [6.45, 7) is 3.74. The standard InChI is InChI=1S/C43H45N10O10PS2/c1-27-5-9-30(10-6-27)36-23-46-40(44)38(50-36)42(55)48-32-13-17-34(18-14-32)65(59,60)26-64(57,58)63-22-4-21-53(3)25-29-7-11-31(12-8-29)37-24-47-41(45)39(51-37)43(56)49-33-15-19-35(20-16-33)66(61,62)52-28(2)54/h5-20,23-24H,4,21-22,25-26H2,1-3H3,(H2,44,46)(H2,45,47)(H,48,55)(H,49,56)(H,52,54)(H,57,58). The molecule has 0 radical (unpaired) electrons. The Bertz CT molecular complexity index is 3030. The molecule has 6 aromatic rings. The molecule has 0 aliphatic rings. The van der Waals surface area contributed by atoms with Gasteiger partial charge in [0.2, 0.25) is 5.91 Å². The maximum atomic E-state index is 13.1. The highest BCUT2D eigenvalue weighted by Gasteiger charge is 2.30. The van der Waals surface area contributed by atoms with Crippen LogP contribution < -0.4 is 26.8 Å². The third kappa shape index (κ3) is 12.9. The van der Waals surface area contributed by atoms with Gasteiger partial charge in [0.1, 0.15) is 0 Å². The molecule has 8 N–H and O–H groups in total. The topological polar surface area (TPSA) is 309 Å². The molecule has 0 aliphatic carbocycles. The lowest BCUT2D eigenvalue weighted by atomic mass is 10.1. The number of hydrogen-bond acceptors (Lipinski definition) is 16. The van der Waals surface area contributed by atoms with Gasteiger partial charge in [-0.1, -0.05) is 54.1 Å². The summed E-state index contributed by atoms with van der Waals surface area (Å²) in [5, 5.41) is 5.21. The first kappa shape index (κ1) is 48.5. The van der Waals surface area contributed by atoms with Gasteiger partial charge in [-0.25, -0.2) is 41.5 Å². The number of carbonyl (C=O) groups excluding carboxylic acids is 3. The van der Waals surface area contributed by atoms with Crippen LogP contribution in [-0.4, -0.2) is 90.0 Å². The largest absolute Gasteiger partial charge is 0.382 e. The van der Waals surface area contributed by atoms with Gasteiger partial charge in [0.25, 0.3) is 21.8 Å². The molecular weight excluding hydrogens is 912 g/mol. The highest BCUT2D eigenvalue weighted by atomic mass is 32.2. The van der Waals surface area contributed by atoms with Crippen LogP contribution in [0.5, 0.6) is 0 Å². The number of hydrogen-bond donors (Lipinski definition) is 6. The maximum absolute atomic E-state index is 13.1. The van der Waals surface area contributed by atoms with Crippen LogP contribution in [-0.2, 0) is 40.3 Å². The fraction of sp³-hybridized carbons (Fsp3) is 0.186. The van der Waals surface area contributed by atoms with E-state index in [-0.39, 0.29) is 50.8 Å². The van der Waals surface area contributed by atoms with Gasteiger partial charge < -0.3 is 36.4 Å². The Balaban J connectivity index is 0.956. The number of nitrogens with two attached hydrogens (primary N) is 2. The van der Waals surface area contributed by atoms with E-state index in [2.05, 4.69) is 30.6 Å². The predicted octanol–water partition coefficient (Wildman–Crippen LogP) is 4.86. The van der Waals surface area contributed by atoms with E-state index in [4.69, 9.17) is 16.0 Å². The summed E-state index contributed by atoms with van der Waals surface area (Å²) in [6, 6.07) is 24.9. The molecule has 344 valence electrons. The van der Waals surface area contributed by atoms with Crippen LogP contribution >= 0.6 is 7.60 Å². The number of sulfonamides is 1. The van der Waals surface area contributed by atoms with Crippen molar-refractivity contribution in [1.29, 1.82) is 0 Å². The van der Waals surface area contributed by atoms with Crippen molar-refractivity contribution in [2.24, 2.45) is 0 Å². The molecule has 23 heteroatoms. The Kier molecular flexibility index (Phi) is 15.1. The molecule has 0 saturated heterocycles. The zero-order valence-electron chi connectivity index (χ0n) is 35.7. The lowest BCUT2D eigenvalue weighted by Gasteiger charge is -2.18. The van der Waals surface area contributed by atoms with E-state index in [9.17, 15) is 40.7 Å². The van der Waals surface area contributed by atoms with Crippen LogP contribution in [0, 0.1) is 6.92 Å². The van der Waals surface area contributed by atoms with Crippen molar-refractivity contribution in [3.05, 3.63) is 132 Å². The first-order valence-corrected chi connectivity index (χ1v) is 24.7. The number of carbonyl (C=O) groups is 3. The molecule has 0 aliphatic heterocycles. The second kappa shape index (κ2) is 20.5. The number of benzene rings is 4. The first-order chi connectivity index (χ1) is 31.2. The van der Waals surface area contributed by atoms with Gasteiger partial charge in [0.15, 0.2) is 38.4 Å². The summed E-state index contributed by atoms with van der Waals surface area (Å²) in [6.07, 6.45) is 3.18. The average molecular weight is 957 g/mol. The van der Waals surface area contributed by atoms with E-state index in [0.29, 0.717) is 36.5 Å². The Hall–Kier alpha value is -6.94. The van der Waals surface area contributed by atoms with Crippen molar-refractivity contribution < 1.29 is 45.2 Å². The Morgan fingerprint density at radius 2 is 1.20 bits per heavy atom. The van der Waals surface area contributed by atoms with Crippen LogP contribution in [0.3, 0.4) is 0 Å². The van der Waals surface area contributed by atoms with Gasteiger partial charge in [-0.15, -0.1) is 0 Å². The summed E-state index contributed by atoms with van der Waals surface area (Å²) >= 11 is 0. The molecule has 1 unspecified atom stereocenters. The number of rotatable bonds is 18. The summed E-state index contributed by atoms with van der Waals surface area (Å²) in [4.78, 5) is 66.2. The maximum Gasteiger partial charge on any atom is 0.343 e. The molecule has 6 rings (SSSR count). The summed E-state index contributed by atoms with van der Waals surface area (Å²) < 4.78 is 70.5. The zero-order chi connectivity index (χ0) is 47.8. The lowest BCUT2D eigenvalue weighted by molar-refractivity contribution is -0.117. The van der Waals surface area contributed by atoms with Gasteiger partial charge in [0.05, 0.1) is 40.2 Å². The quantitative estimate of drug-likeness (QED) is 0.0495. The smallest absolute Gasteiger partial charge is 0.343 e. The van der Waals surface area contributed by atoms with Crippen LogP contribution in [0.25, 0.3) is 22.5 Å². The Labute approximate surface area is 380 Å². The van der Waals surface area contributed by atoms with E-state index < -0.39 is 50.7 Å². The molecule has 0 spiro atoms. The molecule has 4 aromatic carbocycles. The zero-order valence-corrected chi connectivity index (χ0v) is 38.2. The van der Waals surface area contributed by atoms with Crippen LogP contribution in [0.15, 0.2) is 119 Å². The fourth-order valence-electron chi connectivity index (χ4n) is 6.27. The summed E-state index contributed by atoms with van der Waals surface area (Å²) in [5.74, 6) is -2.32. The average Bonchev–Trinajstić information content (AvgIpc) is 3.25. The number of nitrogens with zero attached hydrogens (tertiary/aromatic N) is 5. The van der Waals surface area contributed by atoms with Gasteiger partial charge in [0, 0.05) is 42.5 Å². The van der Waals surface area contributed by atoms with E-state index in [1.807, 2.05) is 60.0 Å². The van der Waals surface area contributed by atoms with Crippen molar-refractivity contribution in [1.82, 2.24) is 29.6 Å². The molecule has 20 nitrogen and oxygen atoms in total. The number of amides is 3. The molecule has 1 atom stereocenters. The minimum atomic E-state index is -4.58. The van der Waals surface area contributed by atoms with Crippen LogP contribution in [0.2, 0.25) is 0 Å². The second-order valence-electron chi connectivity index (χ2n) is 15.0. The summed E-state index contributed by atoms with van der Waals surface area (Å²) in [7, 11) is -11.1. The molecule has 0 saturated carbocycles. The van der Waals surface area contributed by atoms with Crippen LogP contribution in [0.4, 0.5) is 23.0 Å². The Morgan fingerprint density at radius 1 is 0.727 bits per heavy atom. The number of sulfone groups is 1.